The second-order valence-electron chi connectivity index (χ2n) is 6.36. The molecule has 1 saturated heterocycles. The van der Waals surface area contributed by atoms with Crippen molar-refractivity contribution in [3.8, 4) is 0 Å². The number of aryl methyl sites for hydroxylation is 2. The third-order valence-corrected chi connectivity index (χ3v) is 6.14. The number of amides is 2. The van der Waals surface area contributed by atoms with Crippen LogP contribution in [-0.2, 0) is 23.6 Å². The van der Waals surface area contributed by atoms with Gasteiger partial charge in [-0.05, 0) is 43.9 Å². The Balaban J connectivity index is 2.13. The van der Waals surface area contributed by atoms with E-state index in [0.29, 0.717) is 18.8 Å². The number of carbonyl (C=O) groups is 1. The molecule has 2 rings (SSSR count). The van der Waals surface area contributed by atoms with Crippen LogP contribution in [0.25, 0.3) is 0 Å². The molecule has 122 valence electrons. The topological polar surface area (TPSA) is 49.4 Å². The average molecular weight is 322 g/mol. The second kappa shape index (κ2) is 6.82. The Hall–Kier alpha value is -1.36. The number of nitrogens with one attached hydrogen (secondary N) is 1. The molecule has 1 aliphatic rings. The molecule has 1 N–H and O–H groups in total. The Morgan fingerprint density at radius 2 is 2.05 bits per heavy atom. The maximum atomic E-state index is 12.5. The highest BCUT2D eigenvalue weighted by molar-refractivity contribution is 7.86. The van der Waals surface area contributed by atoms with Crippen LogP contribution >= 0.6 is 0 Å². The minimum absolute atomic E-state index is 0.0901. The van der Waals surface area contributed by atoms with Gasteiger partial charge in [-0.2, -0.15) is 0 Å². The van der Waals surface area contributed by atoms with Crippen molar-refractivity contribution in [2.75, 3.05) is 24.2 Å². The van der Waals surface area contributed by atoms with Gasteiger partial charge in [-0.3, -0.25) is 4.21 Å². The summed E-state index contributed by atoms with van der Waals surface area (Å²) in [5.41, 5.74) is 3.26. The van der Waals surface area contributed by atoms with Gasteiger partial charge >= 0.3 is 6.03 Å². The van der Waals surface area contributed by atoms with Crippen LogP contribution in [0.3, 0.4) is 0 Å². The number of urea groups is 1. The van der Waals surface area contributed by atoms with Gasteiger partial charge < -0.3 is 10.2 Å². The minimum Gasteiger partial charge on any atom is -0.322 e. The van der Waals surface area contributed by atoms with E-state index >= 15 is 0 Å². The first-order valence-corrected chi connectivity index (χ1v) is 9.25. The number of carbonyl (C=O) groups excluding carboxylic acids is 1. The lowest BCUT2D eigenvalue weighted by Crippen LogP contribution is -2.53. The third kappa shape index (κ3) is 3.69. The summed E-state index contributed by atoms with van der Waals surface area (Å²) in [7, 11) is -0.867. The second-order valence-corrected chi connectivity index (χ2v) is 8.56. The number of hydrogen-bond donors (Lipinski definition) is 1. The van der Waals surface area contributed by atoms with Crippen molar-refractivity contribution in [3.05, 3.63) is 29.3 Å². The highest BCUT2D eigenvalue weighted by Crippen LogP contribution is 2.23. The van der Waals surface area contributed by atoms with Crippen LogP contribution in [0, 0.1) is 0 Å². The zero-order valence-electron chi connectivity index (χ0n) is 13.9. The smallest absolute Gasteiger partial charge is 0.321 e. The van der Waals surface area contributed by atoms with Crippen molar-refractivity contribution in [2.24, 2.45) is 0 Å². The Labute approximate surface area is 135 Å². The van der Waals surface area contributed by atoms with Crippen molar-refractivity contribution >= 4 is 22.5 Å². The largest absolute Gasteiger partial charge is 0.322 e. The Morgan fingerprint density at radius 3 is 2.64 bits per heavy atom. The SMILES string of the molecule is CCc1ccc(CC)c(NC(=O)N2CC[S@@](=O)C(C)(C)C2)c1. The molecule has 0 saturated carbocycles. The molecule has 0 aliphatic carbocycles. The molecule has 0 radical (unpaired) electrons. The fraction of sp³-hybridized carbons (Fsp3) is 0.588. The number of nitrogens with zero attached hydrogens (tertiary/aromatic N) is 1. The lowest BCUT2D eigenvalue weighted by atomic mass is 10.1. The van der Waals surface area contributed by atoms with Gasteiger partial charge in [0.1, 0.15) is 0 Å². The molecule has 5 heteroatoms. The molecule has 1 atom stereocenters. The molecule has 1 aliphatic heterocycles. The van der Waals surface area contributed by atoms with Gasteiger partial charge in [0.05, 0.1) is 4.75 Å². The molecule has 0 bridgehead atoms. The molecular formula is C17H26N2O2S. The summed E-state index contributed by atoms with van der Waals surface area (Å²) in [6, 6.07) is 6.17. The molecular weight excluding hydrogens is 296 g/mol. The van der Waals surface area contributed by atoms with E-state index in [2.05, 4.69) is 37.4 Å². The maximum Gasteiger partial charge on any atom is 0.321 e. The standard InChI is InChI=1S/C17H26N2O2S/c1-5-13-7-8-14(6-2)15(11-13)18-16(20)19-9-10-22(21)17(3,4)12-19/h7-8,11H,5-6,9-10,12H2,1-4H3,(H,18,20)/t22-/m1/s1. The van der Waals surface area contributed by atoms with E-state index in [0.717, 1.165) is 24.1 Å². The lowest BCUT2D eigenvalue weighted by molar-refractivity contribution is 0.207. The molecule has 1 aromatic carbocycles. The average Bonchev–Trinajstić information content (AvgIpc) is 2.49. The van der Waals surface area contributed by atoms with Gasteiger partial charge in [0, 0.05) is 35.3 Å². The molecule has 0 aromatic heterocycles. The molecule has 4 nitrogen and oxygen atoms in total. The molecule has 0 spiro atoms. The first-order valence-electron chi connectivity index (χ1n) is 7.93. The molecule has 2 amide bonds. The summed E-state index contributed by atoms with van der Waals surface area (Å²) in [4.78, 5) is 14.3. The molecule has 0 unspecified atom stereocenters. The van der Waals surface area contributed by atoms with Crippen LogP contribution < -0.4 is 5.32 Å². The van der Waals surface area contributed by atoms with E-state index < -0.39 is 10.8 Å². The number of anilines is 1. The summed E-state index contributed by atoms with van der Waals surface area (Å²) in [5.74, 6) is 0.552. The van der Waals surface area contributed by atoms with E-state index in [-0.39, 0.29) is 10.8 Å². The predicted molar refractivity (Wildman–Crippen MR) is 92.9 cm³/mol. The van der Waals surface area contributed by atoms with Gasteiger partial charge in [-0.25, -0.2) is 4.79 Å². The van der Waals surface area contributed by atoms with Crippen molar-refractivity contribution < 1.29 is 9.00 Å². The van der Waals surface area contributed by atoms with Gasteiger partial charge in [-0.15, -0.1) is 0 Å². The van der Waals surface area contributed by atoms with Crippen LogP contribution in [0.5, 0.6) is 0 Å². The summed E-state index contributed by atoms with van der Waals surface area (Å²) in [6.07, 6.45) is 1.83. The first kappa shape index (κ1) is 17.0. The van der Waals surface area contributed by atoms with Gasteiger partial charge in [0.25, 0.3) is 0 Å². The van der Waals surface area contributed by atoms with Crippen LogP contribution in [0.15, 0.2) is 18.2 Å². The van der Waals surface area contributed by atoms with E-state index in [9.17, 15) is 9.00 Å². The number of benzene rings is 1. The Bertz CT molecular complexity index is 584. The first-order chi connectivity index (χ1) is 10.4. The lowest BCUT2D eigenvalue weighted by Gasteiger charge is -2.37. The fourth-order valence-electron chi connectivity index (χ4n) is 2.72. The molecule has 1 fully saturated rings. The minimum atomic E-state index is -0.867. The molecule has 1 aromatic rings. The summed E-state index contributed by atoms with van der Waals surface area (Å²) < 4.78 is 11.6. The van der Waals surface area contributed by atoms with E-state index in [1.54, 1.807) is 4.90 Å². The highest BCUT2D eigenvalue weighted by Gasteiger charge is 2.35. The quantitative estimate of drug-likeness (QED) is 0.929. The van der Waals surface area contributed by atoms with Crippen molar-refractivity contribution in [2.45, 2.75) is 45.3 Å². The number of rotatable bonds is 3. The third-order valence-electron chi connectivity index (χ3n) is 4.23. The van der Waals surface area contributed by atoms with E-state index in [1.807, 2.05) is 13.8 Å². The van der Waals surface area contributed by atoms with Crippen molar-refractivity contribution in [1.29, 1.82) is 0 Å². The maximum absolute atomic E-state index is 12.5. The monoisotopic (exact) mass is 322 g/mol. The normalized spacial score (nSPS) is 20.7. The predicted octanol–water partition coefficient (Wildman–Crippen LogP) is 3.19. The Kier molecular flexibility index (Phi) is 5.27. The van der Waals surface area contributed by atoms with Crippen molar-refractivity contribution in [3.63, 3.8) is 0 Å². The highest BCUT2D eigenvalue weighted by atomic mass is 32.2. The van der Waals surface area contributed by atoms with E-state index in [1.165, 1.54) is 5.56 Å². The fourth-order valence-corrected chi connectivity index (χ4v) is 3.95. The van der Waals surface area contributed by atoms with Crippen LogP contribution in [0.1, 0.15) is 38.8 Å². The van der Waals surface area contributed by atoms with Crippen LogP contribution in [0.2, 0.25) is 0 Å². The summed E-state index contributed by atoms with van der Waals surface area (Å²) in [5, 5.41) is 3.05. The van der Waals surface area contributed by atoms with Gasteiger partial charge in [0.15, 0.2) is 0 Å². The Morgan fingerprint density at radius 1 is 1.32 bits per heavy atom. The summed E-state index contributed by atoms with van der Waals surface area (Å²) >= 11 is 0. The van der Waals surface area contributed by atoms with Crippen LogP contribution in [0.4, 0.5) is 10.5 Å². The van der Waals surface area contributed by atoms with E-state index in [4.69, 9.17) is 0 Å². The zero-order valence-corrected chi connectivity index (χ0v) is 14.8. The van der Waals surface area contributed by atoms with Crippen molar-refractivity contribution in [1.82, 2.24) is 4.90 Å². The van der Waals surface area contributed by atoms with Gasteiger partial charge in [-0.1, -0.05) is 26.0 Å². The van der Waals surface area contributed by atoms with Crippen LogP contribution in [-0.4, -0.2) is 38.7 Å². The number of hydrogen-bond acceptors (Lipinski definition) is 2. The molecule has 22 heavy (non-hydrogen) atoms. The summed E-state index contributed by atoms with van der Waals surface area (Å²) in [6.45, 7) is 9.19. The zero-order chi connectivity index (χ0) is 16.3. The van der Waals surface area contributed by atoms with Gasteiger partial charge in [0.2, 0.25) is 0 Å². The molecule has 1 heterocycles.